The first kappa shape index (κ1) is 16.6. The molecular formula is C18H18FN5O. The van der Waals surface area contributed by atoms with Gasteiger partial charge in [0.25, 0.3) is 5.56 Å². The fourth-order valence-electron chi connectivity index (χ4n) is 2.33. The zero-order valence-electron chi connectivity index (χ0n) is 14.0. The Morgan fingerprint density at radius 3 is 2.56 bits per heavy atom. The Kier molecular flexibility index (Phi) is 4.74. The number of aromatic amines is 1. The highest BCUT2D eigenvalue weighted by molar-refractivity contribution is 5.61. The predicted molar refractivity (Wildman–Crippen MR) is 95.9 cm³/mol. The summed E-state index contributed by atoms with van der Waals surface area (Å²) in [5.41, 5.74) is 2.56. The first-order chi connectivity index (χ1) is 12.0. The van der Waals surface area contributed by atoms with Gasteiger partial charge in [-0.1, -0.05) is 18.2 Å². The van der Waals surface area contributed by atoms with Crippen molar-refractivity contribution in [3.8, 4) is 0 Å². The summed E-state index contributed by atoms with van der Waals surface area (Å²) in [7, 11) is 3.90. The van der Waals surface area contributed by atoms with E-state index in [1.54, 1.807) is 12.1 Å². The minimum absolute atomic E-state index is 0.267. The lowest BCUT2D eigenvalue weighted by Crippen LogP contribution is -2.19. The number of anilines is 3. The van der Waals surface area contributed by atoms with Gasteiger partial charge in [-0.25, -0.2) is 4.39 Å². The van der Waals surface area contributed by atoms with Crippen molar-refractivity contribution in [2.45, 2.75) is 6.42 Å². The van der Waals surface area contributed by atoms with E-state index in [1.165, 1.54) is 12.1 Å². The molecule has 7 heteroatoms. The van der Waals surface area contributed by atoms with Crippen LogP contribution < -0.4 is 15.8 Å². The van der Waals surface area contributed by atoms with Crippen LogP contribution in [0.2, 0.25) is 0 Å². The second kappa shape index (κ2) is 7.12. The van der Waals surface area contributed by atoms with E-state index in [0.29, 0.717) is 6.42 Å². The van der Waals surface area contributed by atoms with Crippen molar-refractivity contribution in [2.75, 3.05) is 24.3 Å². The maximum atomic E-state index is 12.9. The van der Waals surface area contributed by atoms with Crippen LogP contribution in [-0.2, 0) is 6.42 Å². The Hall–Kier alpha value is -3.22. The van der Waals surface area contributed by atoms with Crippen LogP contribution in [0.25, 0.3) is 0 Å². The number of nitrogens with zero attached hydrogens (tertiary/aromatic N) is 3. The van der Waals surface area contributed by atoms with Gasteiger partial charge < -0.3 is 10.2 Å². The fourth-order valence-corrected chi connectivity index (χ4v) is 2.33. The molecule has 0 aliphatic heterocycles. The van der Waals surface area contributed by atoms with Gasteiger partial charge in [0, 0.05) is 31.9 Å². The summed E-state index contributed by atoms with van der Waals surface area (Å²) in [4.78, 5) is 16.9. The van der Waals surface area contributed by atoms with Crippen molar-refractivity contribution in [1.29, 1.82) is 0 Å². The van der Waals surface area contributed by atoms with Gasteiger partial charge in [0.15, 0.2) is 0 Å². The fraction of sp³-hybridized carbons (Fsp3) is 0.167. The lowest BCUT2D eigenvalue weighted by molar-refractivity contribution is 0.627. The number of rotatable bonds is 5. The Morgan fingerprint density at radius 2 is 1.88 bits per heavy atom. The van der Waals surface area contributed by atoms with Gasteiger partial charge in [0.2, 0.25) is 5.95 Å². The van der Waals surface area contributed by atoms with Crippen LogP contribution in [0.5, 0.6) is 0 Å². The molecule has 2 aromatic carbocycles. The van der Waals surface area contributed by atoms with Crippen LogP contribution in [0.1, 0.15) is 11.3 Å². The summed E-state index contributed by atoms with van der Waals surface area (Å²) in [5, 5.41) is 11.0. The molecule has 0 radical (unpaired) electrons. The molecule has 128 valence electrons. The number of nitrogens with one attached hydrogen (secondary N) is 2. The Bertz CT molecular complexity index is 921. The van der Waals surface area contributed by atoms with E-state index in [-0.39, 0.29) is 23.0 Å². The van der Waals surface area contributed by atoms with Crippen molar-refractivity contribution < 1.29 is 4.39 Å². The van der Waals surface area contributed by atoms with Crippen molar-refractivity contribution >= 4 is 17.3 Å². The molecule has 1 heterocycles. The van der Waals surface area contributed by atoms with E-state index in [4.69, 9.17) is 0 Å². The van der Waals surface area contributed by atoms with E-state index in [0.717, 1.165) is 16.9 Å². The monoisotopic (exact) mass is 339 g/mol. The van der Waals surface area contributed by atoms with Gasteiger partial charge in [0.1, 0.15) is 11.5 Å². The van der Waals surface area contributed by atoms with Crippen LogP contribution >= 0.6 is 0 Å². The van der Waals surface area contributed by atoms with E-state index < -0.39 is 0 Å². The molecule has 0 fully saturated rings. The van der Waals surface area contributed by atoms with Crippen LogP contribution in [0.4, 0.5) is 21.7 Å². The van der Waals surface area contributed by atoms with Crippen LogP contribution in [0, 0.1) is 5.82 Å². The first-order valence-electron chi connectivity index (χ1n) is 7.76. The molecule has 0 saturated heterocycles. The molecular weight excluding hydrogens is 321 g/mol. The number of hydrogen-bond donors (Lipinski definition) is 2. The highest BCUT2D eigenvalue weighted by atomic mass is 19.1. The standard InChI is InChI=1S/C18H18FN5O/c1-24(2)15-5-3-4-14(11-15)20-18-21-17(25)16(22-23-18)10-12-6-8-13(19)9-7-12/h3-9,11H,10H2,1-2H3,(H2,20,21,23,25). The molecule has 1 aromatic heterocycles. The van der Waals surface area contributed by atoms with Crippen molar-refractivity contribution in [3.63, 3.8) is 0 Å². The smallest absolute Gasteiger partial charge is 0.274 e. The van der Waals surface area contributed by atoms with Gasteiger partial charge in [0.05, 0.1) is 0 Å². The molecule has 0 aliphatic rings. The quantitative estimate of drug-likeness (QED) is 0.748. The number of halogens is 1. The summed E-state index contributed by atoms with van der Waals surface area (Å²) in [5.74, 6) is -0.0491. The van der Waals surface area contributed by atoms with E-state index >= 15 is 0 Å². The molecule has 6 nitrogen and oxygen atoms in total. The molecule has 0 saturated carbocycles. The van der Waals surface area contributed by atoms with Crippen molar-refractivity contribution in [2.24, 2.45) is 0 Å². The first-order valence-corrected chi connectivity index (χ1v) is 7.76. The number of aromatic nitrogens is 3. The Labute approximate surface area is 144 Å². The third kappa shape index (κ3) is 4.20. The van der Waals surface area contributed by atoms with Crippen LogP contribution in [0.3, 0.4) is 0 Å². The Balaban J connectivity index is 1.76. The largest absolute Gasteiger partial charge is 0.378 e. The van der Waals surface area contributed by atoms with Crippen LogP contribution in [-0.4, -0.2) is 29.3 Å². The molecule has 0 unspecified atom stereocenters. The molecule has 3 aromatic rings. The zero-order chi connectivity index (χ0) is 17.8. The highest BCUT2D eigenvalue weighted by Crippen LogP contribution is 2.19. The van der Waals surface area contributed by atoms with E-state index in [1.807, 2.05) is 43.3 Å². The predicted octanol–water partition coefficient (Wildman–Crippen LogP) is 2.70. The number of H-pyrrole nitrogens is 1. The van der Waals surface area contributed by atoms with E-state index in [9.17, 15) is 9.18 Å². The van der Waals surface area contributed by atoms with Gasteiger partial charge in [-0.05, 0) is 35.9 Å². The van der Waals surface area contributed by atoms with Gasteiger partial charge in [-0.2, -0.15) is 0 Å². The van der Waals surface area contributed by atoms with Gasteiger partial charge >= 0.3 is 0 Å². The minimum atomic E-state index is -0.328. The minimum Gasteiger partial charge on any atom is -0.378 e. The van der Waals surface area contributed by atoms with Gasteiger partial charge in [-0.3, -0.25) is 9.78 Å². The Morgan fingerprint density at radius 1 is 1.12 bits per heavy atom. The molecule has 0 atom stereocenters. The number of hydrogen-bond acceptors (Lipinski definition) is 5. The lowest BCUT2D eigenvalue weighted by Gasteiger charge is -2.14. The summed E-state index contributed by atoms with van der Waals surface area (Å²) in [6.45, 7) is 0. The molecule has 0 spiro atoms. The highest BCUT2D eigenvalue weighted by Gasteiger charge is 2.07. The molecule has 0 aliphatic carbocycles. The average molecular weight is 339 g/mol. The third-order valence-corrected chi connectivity index (χ3v) is 3.67. The van der Waals surface area contributed by atoms with Crippen LogP contribution in [0.15, 0.2) is 53.3 Å². The summed E-state index contributed by atoms with van der Waals surface area (Å²) in [6, 6.07) is 13.6. The SMILES string of the molecule is CN(C)c1cccc(Nc2nnc(Cc3ccc(F)cc3)c(=O)[nH]2)c1. The summed E-state index contributed by atoms with van der Waals surface area (Å²) >= 11 is 0. The van der Waals surface area contributed by atoms with Gasteiger partial charge in [-0.15, -0.1) is 10.2 Å². The summed E-state index contributed by atoms with van der Waals surface area (Å²) in [6.07, 6.45) is 0.291. The number of benzene rings is 2. The van der Waals surface area contributed by atoms with Crippen molar-refractivity contribution in [1.82, 2.24) is 15.2 Å². The second-order valence-electron chi connectivity index (χ2n) is 5.82. The maximum absolute atomic E-state index is 12.9. The van der Waals surface area contributed by atoms with E-state index in [2.05, 4.69) is 20.5 Å². The third-order valence-electron chi connectivity index (χ3n) is 3.67. The zero-order valence-corrected chi connectivity index (χ0v) is 14.0. The van der Waals surface area contributed by atoms with Crippen molar-refractivity contribution in [3.05, 3.63) is 76.0 Å². The topological polar surface area (TPSA) is 73.9 Å². The lowest BCUT2D eigenvalue weighted by atomic mass is 10.1. The molecule has 0 bridgehead atoms. The molecule has 25 heavy (non-hydrogen) atoms. The molecule has 0 amide bonds. The maximum Gasteiger partial charge on any atom is 0.274 e. The molecule has 3 rings (SSSR count). The summed E-state index contributed by atoms with van der Waals surface area (Å²) < 4.78 is 12.9. The average Bonchev–Trinajstić information content (AvgIpc) is 2.59. The molecule has 2 N–H and O–H groups in total. The normalized spacial score (nSPS) is 10.5. The second-order valence-corrected chi connectivity index (χ2v) is 5.82.